The Labute approximate surface area is 143 Å². The van der Waals surface area contributed by atoms with E-state index in [4.69, 9.17) is 11.6 Å². The van der Waals surface area contributed by atoms with E-state index in [0.29, 0.717) is 28.9 Å². The molecule has 0 atom stereocenters. The smallest absolute Gasteiger partial charge is 0.275 e. The second-order valence-corrected chi connectivity index (χ2v) is 5.89. The third kappa shape index (κ3) is 3.31. The Kier molecular flexibility index (Phi) is 4.62. The van der Waals surface area contributed by atoms with Crippen molar-refractivity contribution in [3.8, 4) is 0 Å². The van der Waals surface area contributed by atoms with Crippen molar-refractivity contribution in [2.45, 2.75) is 6.42 Å². The summed E-state index contributed by atoms with van der Waals surface area (Å²) in [6.07, 6.45) is 0.650. The third-order valence-corrected chi connectivity index (χ3v) is 4.04. The molecule has 3 rings (SSSR count). The van der Waals surface area contributed by atoms with Crippen molar-refractivity contribution in [1.82, 2.24) is 15.1 Å². The number of nitrogens with one attached hydrogen (secondary N) is 1. The predicted octanol–water partition coefficient (Wildman–Crippen LogP) is 2.56. The van der Waals surface area contributed by atoms with Gasteiger partial charge in [0.15, 0.2) is 5.69 Å². The van der Waals surface area contributed by atoms with Crippen LogP contribution < -0.4 is 10.7 Å². The number of aryl methyl sites for hydroxylation is 1. The van der Waals surface area contributed by atoms with Crippen LogP contribution in [-0.4, -0.2) is 22.2 Å². The summed E-state index contributed by atoms with van der Waals surface area (Å²) in [4.78, 5) is 24.7. The summed E-state index contributed by atoms with van der Waals surface area (Å²) in [5.41, 5.74) is 1.30. The van der Waals surface area contributed by atoms with Crippen molar-refractivity contribution >= 4 is 28.4 Å². The number of aromatic nitrogens is 2. The van der Waals surface area contributed by atoms with Gasteiger partial charge in [-0.15, -0.1) is 0 Å². The van der Waals surface area contributed by atoms with Crippen LogP contribution in [0.5, 0.6) is 0 Å². The van der Waals surface area contributed by atoms with Gasteiger partial charge in [0, 0.05) is 24.0 Å². The maximum atomic E-state index is 12.4. The molecule has 0 radical (unpaired) electrons. The zero-order valence-corrected chi connectivity index (χ0v) is 13.9. The largest absolute Gasteiger partial charge is 0.350 e. The molecule has 1 heterocycles. The van der Waals surface area contributed by atoms with E-state index in [2.05, 4.69) is 10.4 Å². The fraction of sp³-hybridized carbons (Fsp3) is 0.167. The first-order chi connectivity index (χ1) is 11.6. The lowest BCUT2D eigenvalue weighted by Gasteiger charge is -2.08. The summed E-state index contributed by atoms with van der Waals surface area (Å²) in [5, 5.41) is 8.02. The van der Waals surface area contributed by atoms with Crippen LogP contribution in [0.1, 0.15) is 16.1 Å². The fourth-order valence-electron chi connectivity index (χ4n) is 2.53. The Morgan fingerprint density at radius 3 is 2.62 bits per heavy atom. The Morgan fingerprint density at radius 1 is 1.17 bits per heavy atom. The van der Waals surface area contributed by atoms with Gasteiger partial charge in [0.05, 0.1) is 5.52 Å². The highest BCUT2D eigenvalue weighted by molar-refractivity contribution is 6.30. The number of amides is 1. The monoisotopic (exact) mass is 341 g/mol. The van der Waals surface area contributed by atoms with Gasteiger partial charge in [-0.3, -0.25) is 14.3 Å². The van der Waals surface area contributed by atoms with Crippen LogP contribution in [0, 0.1) is 0 Å². The van der Waals surface area contributed by atoms with Crippen molar-refractivity contribution in [3.63, 3.8) is 0 Å². The minimum absolute atomic E-state index is 0.0905. The molecule has 6 heteroatoms. The van der Waals surface area contributed by atoms with E-state index in [1.165, 1.54) is 0 Å². The van der Waals surface area contributed by atoms with E-state index < -0.39 is 5.91 Å². The van der Waals surface area contributed by atoms with E-state index in [1.54, 1.807) is 42.1 Å². The van der Waals surface area contributed by atoms with Gasteiger partial charge in [0.25, 0.3) is 5.91 Å². The second kappa shape index (κ2) is 6.84. The molecule has 0 fully saturated rings. The minimum Gasteiger partial charge on any atom is -0.350 e. The molecule has 0 aliphatic rings. The maximum absolute atomic E-state index is 12.4. The topological polar surface area (TPSA) is 64.0 Å². The van der Waals surface area contributed by atoms with Gasteiger partial charge in [-0.25, -0.2) is 0 Å². The molecule has 0 aliphatic heterocycles. The summed E-state index contributed by atoms with van der Waals surface area (Å²) < 4.78 is 1.55. The molecule has 1 aromatic heterocycles. The zero-order valence-electron chi connectivity index (χ0n) is 13.1. The summed E-state index contributed by atoms with van der Waals surface area (Å²) >= 11 is 5.84. The summed E-state index contributed by atoms with van der Waals surface area (Å²) in [6.45, 7) is 0.415. The molecular formula is C18H16ClN3O2. The number of rotatable bonds is 4. The average Bonchev–Trinajstić information content (AvgIpc) is 2.60. The molecule has 24 heavy (non-hydrogen) atoms. The van der Waals surface area contributed by atoms with Gasteiger partial charge in [0.1, 0.15) is 0 Å². The van der Waals surface area contributed by atoms with Crippen LogP contribution in [-0.2, 0) is 13.5 Å². The predicted molar refractivity (Wildman–Crippen MR) is 94.5 cm³/mol. The number of carbonyl (C=O) groups excluding carboxylic acids is 1. The SMILES string of the molecule is Cn1nc(C(=O)NCCc2ccc(Cl)cc2)c(=O)c2ccccc21. The highest BCUT2D eigenvalue weighted by Crippen LogP contribution is 2.10. The van der Waals surface area contributed by atoms with Crippen LogP contribution in [0.25, 0.3) is 10.9 Å². The molecule has 0 bridgehead atoms. The first-order valence-corrected chi connectivity index (χ1v) is 7.93. The van der Waals surface area contributed by atoms with Gasteiger partial charge in [-0.1, -0.05) is 35.9 Å². The minimum atomic E-state index is -0.463. The number of benzene rings is 2. The van der Waals surface area contributed by atoms with Crippen LogP contribution in [0.2, 0.25) is 5.02 Å². The van der Waals surface area contributed by atoms with E-state index in [1.807, 2.05) is 18.2 Å². The van der Waals surface area contributed by atoms with Gasteiger partial charge in [0.2, 0.25) is 5.43 Å². The standard InChI is InChI=1S/C18H16ClN3O2/c1-22-15-5-3-2-4-14(15)17(23)16(21-22)18(24)20-11-10-12-6-8-13(19)9-7-12/h2-9H,10-11H2,1H3,(H,20,24). The molecule has 3 aromatic rings. The Balaban J connectivity index is 1.75. The Morgan fingerprint density at radius 2 is 1.88 bits per heavy atom. The quantitative estimate of drug-likeness (QED) is 0.793. The van der Waals surface area contributed by atoms with Crippen molar-refractivity contribution in [2.24, 2.45) is 7.05 Å². The average molecular weight is 342 g/mol. The first kappa shape index (κ1) is 16.2. The van der Waals surface area contributed by atoms with Crippen LogP contribution in [0.3, 0.4) is 0 Å². The summed E-state index contributed by atoms with van der Waals surface area (Å²) in [7, 11) is 1.71. The molecule has 1 N–H and O–H groups in total. The van der Waals surface area contributed by atoms with E-state index in [9.17, 15) is 9.59 Å². The van der Waals surface area contributed by atoms with E-state index >= 15 is 0 Å². The molecule has 0 saturated heterocycles. The Bertz CT molecular complexity index is 949. The fourth-order valence-corrected chi connectivity index (χ4v) is 2.65. The van der Waals surface area contributed by atoms with Gasteiger partial charge in [-0.2, -0.15) is 5.10 Å². The number of carbonyl (C=O) groups is 1. The summed E-state index contributed by atoms with van der Waals surface area (Å²) in [5.74, 6) is -0.463. The molecule has 0 unspecified atom stereocenters. The lowest BCUT2D eigenvalue weighted by Crippen LogP contribution is -2.33. The van der Waals surface area contributed by atoms with Gasteiger partial charge < -0.3 is 5.32 Å². The summed E-state index contributed by atoms with van der Waals surface area (Å²) in [6, 6.07) is 14.5. The van der Waals surface area contributed by atoms with Crippen molar-refractivity contribution in [3.05, 3.63) is 75.0 Å². The lowest BCUT2D eigenvalue weighted by molar-refractivity contribution is 0.0946. The number of hydrogen-bond acceptors (Lipinski definition) is 3. The number of halogens is 1. The van der Waals surface area contributed by atoms with Crippen molar-refractivity contribution < 1.29 is 4.79 Å². The number of fused-ring (bicyclic) bond motifs is 1. The van der Waals surface area contributed by atoms with E-state index in [-0.39, 0.29) is 11.1 Å². The maximum Gasteiger partial charge on any atom is 0.275 e. The zero-order chi connectivity index (χ0) is 17.1. The number of hydrogen-bond donors (Lipinski definition) is 1. The van der Waals surface area contributed by atoms with Gasteiger partial charge in [-0.05, 0) is 36.2 Å². The lowest BCUT2D eigenvalue weighted by atomic mass is 10.1. The van der Waals surface area contributed by atoms with E-state index in [0.717, 1.165) is 5.56 Å². The molecule has 2 aromatic carbocycles. The second-order valence-electron chi connectivity index (χ2n) is 5.45. The molecule has 122 valence electrons. The number of para-hydroxylation sites is 1. The highest BCUT2D eigenvalue weighted by atomic mass is 35.5. The Hall–Kier alpha value is -2.66. The van der Waals surface area contributed by atoms with Gasteiger partial charge >= 0.3 is 0 Å². The molecule has 0 spiro atoms. The number of nitrogens with zero attached hydrogens (tertiary/aromatic N) is 2. The normalized spacial score (nSPS) is 10.8. The molecule has 0 saturated carbocycles. The van der Waals surface area contributed by atoms with Crippen LogP contribution >= 0.6 is 11.6 Å². The van der Waals surface area contributed by atoms with Crippen LogP contribution in [0.4, 0.5) is 0 Å². The third-order valence-electron chi connectivity index (χ3n) is 3.79. The molecule has 0 aliphatic carbocycles. The molecule has 5 nitrogen and oxygen atoms in total. The highest BCUT2D eigenvalue weighted by Gasteiger charge is 2.15. The van der Waals surface area contributed by atoms with Crippen molar-refractivity contribution in [1.29, 1.82) is 0 Å². The first-order valence-electron chi connectivity index (χ1n) is 7.55. The van der Waals surface area contributed by atoms with Crippen molar-refractivity contribution in [2.75, 3.05) is 6.54 Å². The molecule has 1 amide bonds. The molecular weight excluding hydrogens is 326 g/mol. The van der Waals surface area contributed by atoms with Crippen LogP contribution in [0.15, 0.2) is 53.3 Å².